The summed E-state index contributed by atoms with van der Waals surface area (Å²) in [5.41, 5.74) is 3.64. The van der Waals surface area contributed by atoms with Crippen molar-refractivity contribution in [2.24, 2.45) is 9.98 Å². The molecule has 3 rings (SSSR count). The van der Waals surface area contributed by atoms with Crippen LogP contribution >= 0.6 is 0 Å². The van der Waals surface area contributed by atoms with E-state index in [-0.39, 0.29) is 0 Å². The van der Waals surface area contributed by atoms with Gasteiger partial charge in [-0.25, -0.2) is 4.99 Å². The molecule has 1 aromatic rings. The normalized spacial score (nSPS) is 22.5. The Morgan fingerprint density at radius 3 is 3.00 bits per heavy atom. The number of hydrogen-bond acceptors (Lipinski definition) is 3. The first kappa shape index (κ1) is 7.64. The number of aliphatic hydroxyl groups is 1. The molecule has 14 heavy (non-hydrogen) atoms. The maximum Gasteiger partial charge on any atom is 0.188 e. The fraction of sp³-hybridized carbons (Fsp3) is 0.0909. The highest BCUT2D eigenvalue weighted by Crippen LogP contribution is 2.36. The van der Waals surface area contributed by atoms with Crippen molar-refractivity contribution in [3.8, 4) is 0 Å². The van der Waals surface area contributed by atoms with Gasteiger partial charge >= 0.3 is 0 Å². The predicted octanol–water partition coefficient (Wildman–Crippen LogP) is 1.56. The number of fused-ring (bicyclic) bond motifs is 3. The molecule has 0 radical (unpaired) electrons. The van der Waals surface area contributed by atoms with Crippen LogP contribution in [0.25, 0.3) is 5.57 Å². The number of hydrogen-bond donors (Lipinski definition) is 1. The van der Waals surface area contributed by atoms with Crippen LogP contribution in [0.5, 0.6) is 0 Å². The van der Waals surface area contributed by atoms with Crippen LogP contribution in [0.15, 0.2) is 40.3 Å². The van der Waals surface area contributed by atoms with Crippen molar-refractivity contribution in [3.05, 3.63) is 35.9 Å². The number of benzene rings is 1. The zero-order chi connectivity index (χ0) is 9.54. The SMILES string of the molecule is OC1N=CC=C2C1=Nc1ccccc12. The first-order valence-electron chi connectivity index (χ1n) is 4.46. The Bertz CT molecular complexity index is 486. The van der Waals surface area contributed by atoms with Gasteiger partial charge in [0, 0.05) is 17.4 Å². The van der Waals surface area contributed by atoms with Gasteiger partial charge in [0.25, 0.3) is 0 Å². The van der Waals surface area contributed by atoms with Gasteiger partial charge in [-0.3, -0.25) is 4.99 Å². The minimum atomic E-state index is -0.803. The van der Waals surface area contributed by atoms with Crippen LogP contribution in [-0.4, -0.2) is 23.3 Å². The lowest BCUT2D eigenvalue weighted by Crippen LogP contribution is -2.20. The van der Waals surface area contributed by atoms with Crippen molar-refractivity contribution in [1.29, 1.82) is 0 Å². The molecule has 1 atom stereocenters. The minimum absolute atomic E-state index is 0.661. The highest BCUT2D eigenvalue weighted by Gasteiger charge is 2.26. The Morgan fingerprint density at radius 1 is 1.21 bits per heavy atom. The van der Waals surface area contributed by atoms with Crippen LogP contribution in [0.1, 0.15) is 5.56 Å². The smallest absolute Gasteiger partial charge is 0.188 e. The van der Waals surface area contributed by atoms with Gasteiger partial charge in [-0.1, -0.05) is 18.2 Å². The molecule has 2 aliphatic heterocycles. The van der Waals surface area contributed by atoms with Crippen molar-refractivity contribution in [2.45, 2.75) is 6.23 Å². The van der Waals surface area contributed by atoms with E-state index in [1.807, 2.05) is 30.3 Å². The van der Waals surface area contributed by atoms with E-state index >= 15 is 0 Å². The summed E-state index contributed by atoms with van der Waals surface area (Å²) in [4.78, 5) is 8.22. The Balaban J connectivity index is 2.24. The summed E-state index contributed by atoms with van der Waals surface area (Å²) in [6, 6.07) is 7.85. The molecule has 1 N–H and O–H groups in total. The third-order valence-electron chi connectivity index (χ3n) is 2.42. The molecule has 2 aliphatic rings. The average Bonchev–Trinajstić information content (AvgIpc) is 2.59. The highest BCUT2D eigenvalue weighted by molar-refractivity contribution is 6.33. The summed E-state index contributed by atoms with van der Waals surface area (Å²) in [6.45, 7) is 0. The van der Waals surface area contributed by atoms with Crippen LogP contribution in [0, 0.1) is 0 Å². The lowest BCUT2D eigenvalue weighted by Gasteiger charge is -2.10. The summed E-state index contributed by atoms with van der Waals surface area (Å²) in [5, 5.41) is 9.58. The zero-order valence-electron chi connectivity index (χ0n) is 7.38. The van der Waals surface area contributed by atoms with Gasteiger partial charge in [0.05, 0.1) is 11.4 Å². The van der Waals surface area contributed by atoms with E-state index in [1.54, 1.807) is 6.21 Å². The van der Waals surface area contributed by atoms with Gasteiger partial charge < -0.3 is 5.11 Å². The number of dihydropyridines is 1. The predicted molar refractivity (Wildman–Crippen MR) is 56.0 cm³/mol. The summed E-state index contributed by atoms with van der Waals surface area (Å²) in [6.07, 6.45) is 2.71. The van der Waals surface area contributed by atoms with E-state index in [4.69, 9.17) is 0 Å². The first-order chi connectivity index (χ1) is 6.86. The third-order valence-corrected chi connectivity index (χ3v) is 2.42. The van der Waals surface area contributed by atoms with Crippen LogP contribution in [0.2, 0.25) is 0 Å². The quantitative estimate of drug-likeness (QED) is 0.653. The van der Waals surface area contributed by atoms with Gasteiger partial charge in [-0.15, -0.1) is 0 Å². The largest absolute Gasteiger partial charge is 0.367 e. The van der Waals surface area contributed by atoms with E-state index in [9.17, 15) is 5.11 Å². The van der Waals surface area contributed by atoms with Crippen molar-refractivity contribution < 1.29 is 5.11 Å². The zero-order valence-corrected chi connectivity index (χ0v) is 7.38. The van der Waals surface area contributed by atoms with E-state index in [0.29, 0.717) is 5.71 Å². The lowest BCUT2D eigenvalue weighted by atomic mass is 10.0. The summed E-state index contributed by atoms with van der Waals surface area (Å²) < 4.78 is 0. The van der Waals surface area contributed by atoms with Crippen LogP contribution < -0.4 is 0 Å². The molecular formula is C11H8N2O. The van der Waals surface area contributed by atoms with Gasteiger partial charge in [0.15, 0.2) is 6.23 Å². The standard InChI is InChI=1S/C11H8N2O/c14-11-10-8(5-6-12-11)7-3-1-2-4-9(7)13-10/h1-6,11,14H. The maximum atomic E-state index is 9.58. The summed E-state index contributed by atoms with van der Waals surface area (Å²) in [5.74, 6) is 0. The van der Waals surface area contributed by atoms with E-state index < -0.39 is 6.23 Å². The van der Waals surface area contributed by atoms with Crippen molar-refractivity contribution in [2.75, 3.05) is 0 Å². The molecule has 0 aliphatic carbocycles. The molecule has 3 nitrogen and oxygen atoms in total. The summed E-state index contributed by atoms with van der Waals surface area (Å²) >= 11 is 0. The Morgan fingerprint density at radius 2 is 2.07 bits per heavy atom. The van der Waals surface area contributed by atoms with Crippen molar-refractivity contribution in [3.63, 3.8) is 0 Å². The molecule has 0 fully saturated rings. The minimum Gasteiger partial charge on any atom is -0.367 e. The fourth-order valence-electron chi connectivity index (χ4n) is 1.77. The van der Waals surface area contributed by atoms with Crippen LogP contribution in [0.3, 0.4) is 0 Å². The van der Waals surface area contributed by atoms with E-state index in [1.165, 1.54) is 0 Å². The number of aliphatic hydroxyl groups excluding tert-OH is 1. The molecule has 3 heteroatoms. The van der Waals surface area contributed by atoms with E-state index in [2.05, 4.69) is 9.98 Å². The fourth-order valence-corrected chi connectivity index (χ4v) is 1.77. The topological polar surface area (TPSA) is 45.0 Å². The number of nitrogens with zero attached hydrogens (tertiary/aromatic N) is 2. The second-order valence-corrected chi connectivity index (χ2v) is 3.27. The van der Waals surface area contributed by atoms with Crippen molar-refractivity contribution >= 4 is 23.2 Å². The Kier molecular flexibility index (Phi) is 1.43. The highest BCUT2D eigenvalue weighted by atomic mass is 16.3. The molecule has 2 heterocycles. The molecule has 0 spiro atoms. The second-order valence-electron chi connectivity index (χ2n) is 3.27. The van der Waals surface area contributed by atoms with Gasteiger partial charge in [0.2, 0.25) is 0 Å². The van der Waals surface area contributed by atoms with Gasteiger partial charge in [0.1, 0.15) is 0 Å². The Hall–Kier alpha value is -1.74. The molecule has 0 bridgehead atoms. The van der Waals surface area contributed by atoms with Gasteiger partial charge in [-0.05, 0) is 12.1 Å². The number of para-hydroxylation sites is 1. The molecule has 0 saturated carbocycles. The average molecular weight is 184 g/mol. The Labute approximate surface area is 81.1 Å². The number of rotatable bonds is 0. The molecular weight excluding hydrogens is 176 g/mol. The van der Waals surface area contributed by atoms with E-state index in [0.717, 1.165) is 16.8 Å². The van der Waals surface area contributed by atoms with Crippen molar-refractivity contribution in [1.82, 2.24) is 0 Å². The lowest BCUT2D eigenvalue weighted by molar-refractivity contribution is 0.254. The first-order valence-corrected chi connectivity index (χ1v) is 4.46. The van der Waals surface area contributed by atoms with Crippen LogP contribution in [-0.2, 0) is 0 Å². The molecule has 1 aromatic carbocycles. The van der Waals surface area contributed by atoms with Gasteiger partial charge in [-0.2, -0.15) is 0 Å². The molecule has 0 saturated heterocycles. The molecule has 68 valence electrons. The monoisotopic (exact) mass is 184 g/mol. The molecule has 0 amide bonds. The summed E-state index contributed by atoms with van der Waals surface area (Å²) in [7, 11) is 0. The molecule has 0 aromatic heterocycles. The van der Waals surface area contributed by atoms with Crippen LogP contribution in [0.4, 0.5) is 5.69 Å². The third kappa shape index (κ3) is 0.900. The number of aliphatic imine (C=N–C) groups is 2. The maximum absolute atomic E-state index is 9.58. The molecule has 1 unspecified atom stereocenters. The second kappa shape index (κ2) is 2.62. The number of allylic oxidation sites excluding steroid dienone is 1.